The van der Waals surface area contributed by atoms with E-state index in [9.17, 15) is 9.59 Å². The highest BCUT2D eigenvalue weighted by Gasteiger charge is 2.11. The Morgan fingerprint density at radius 3 is 2.36 bits per heavy atom. The van der Waals surface area contributed by atoms with Gasteiger partial charge in [0.15, 0.2) is 0 Å². The van der Waals surface area contributed by atoms with Crippen LogP contribution in [0.5, 0.6) is 5.75 Å². The topological polar surface area (TPSA) is 67.4 Å². The van der Waals surface area contributed by atoms with Gasteiger partial charge in [0.05, 0.1) is 0 Å². The van der Waals surface area contributed by atoms with E-state index in [-0.39, 0.29) is 11.6 Å². The quantitative estimate of drug-likeness (QED) is 0.602. The molecule has 5 nitrogen and oxygen atoms in total. The van der Waals surface area contributed by atoms with Gasteiger partial charge in [-0.1, -0.05) is 43.0 Å². The average Bonchev–Trinajstić information content (AvgIpc) is 2.61. The van der Waals surface area contributed by atoms with Gasteiger partial charge in [0, 0.05) is 12.6 Å². The SMILES string of the molecule is C=CCOc1ccc(NC(=O)/C(=C/c2ccccc2)NC(C)=O)cc1. The first-order valence-electron chi connectivity index (χ1n) is 7.78. The van der Waals surface area contributed by atoms with Crippen molar-refractivity contribution in [2.75, 3.05) is 11.9 Å². The van der Waals surface area contributed by atoms with Crippen LogP contribution in [0.2, 0.25) is 0 Å². The van der Waals surface area contributed by atoms with E-state index in [4.69, 9.17) is 4.74 Å². The maximum atomic E-state index is 12.5. The van der Waals surface area contributed by atoms with Gasteiger partial charge < -0.3 is 15.4 Å². The van der Waals surface area contributed by atoms with Crippen LogP contribution in [0.4, 0.5) is 5.69 Å². The van der Waals surface area contributed by atoms with Gasteiger partial charge in [-0.2, -0.15) is 0 Å². The average molecular weight is 336 g/mol. The molecule has 2 aromatic carbocycles. The van der Waals surface area contributed by atoms with Gasteiger partial charge >= 0.3 is 0 Å². The van der Waals surface area contributed by atoms with Crippen LogP contribution >= 0.6 is 0 Å². The van der Waals surface area contributed by atoms with Crippen LogP contribution < -0.4 is 15.4 Å². The molecule has 0 bridgehead atoms. The lowest BCUT2D eigenvalue weighted by atomic mass is 10.2. The van der Waals surface area contributed by atoms with Gasteiger partial charge in [-0.05, 0) is 35.9 Å². The van der Waals surface area contributed by atoms with Gasteiger partial charge in [-0.3, -0.25) is 9.59 Å². The van der Waals surface area contributed by atoms with Crippen LogP contribution in [0.25, 0.3) is 6.08 Å². The lowest BCUT2D eigenvalue weighted by Crippen LogP contribution is -2.28. The lowest BCUT2D eigenvalue weighted by Gasteiger charge is -2.10. The number of anilines is 1. The van der Waals surface area contributed by atoms with E-state index in [1.165, 1.54) is 6.92 Å². The van der Waals surface area contributed by atoms with Crippen molar-refractivity contribution in [3.05, 3.63) is 78.5 Å². The Kier molecular flexibility index (Phi) is 6.54. The molecule has 0 saturated carbocycles. The number of rotatable bonds is 7. The number of ether oxygens (including phenoxy) is 1. The van der Waals surface area contributed by atoms with E-state index < -0.39 is 5.91 Å². The minimum atomic E-state index is -0.404. The van der Waals surface area contributed by atoms with Crippen molar-refractivity contribution in [1.29, 1.82) is 0 Å². The number of carbonyl (C=O) groups is 2. The summed E-state index contributed by atoms with van der Waals surface area (Å²) in [7, 11) is 0. The Labute approximate surface area is 147 Å². The van der Waals surface area contributed by atoms with Crippen molar-refractivity contribution in [1.82, 2.24) is 5.32 Å². The molecule has 2 N–H and O–H groups in total. The number of benzene rings is 2. The molecule has 0 fully saturated rings. The zero-order valence-corrected chi connectivity index (χ0v) is 14.0. The van der Waals surface area contributed by atoms with Crippen molar-refractivity contribution in [3.63, 3.8) is 0 Å². The van der Waals surface area contributed by atoms with Crippen molar-refractivity contribution in [3.8, 4) is 5.75 Å². The summed E-state index contributed by atoms with van der Waals surface area (Å²) in [5, 5.41) is 5.32. The molecule has 0 aliphatic heterocycles. The highest BCUT2D eigenvalue weighted by molar-refractivity contribution is 6.08. The molecule has 2 amide bonds. The molecule has 5 heteroatoms. The third-order valence-electron chi connectivity index (χ3n) is 3.15. The third kappa shape index (κ3) is 5.99. The zero-order valence-electron chi connectivity index (χ0n) is 14.0. The first-order chi connectivity index (χ1) is 12.1. The fourth-order valence-corrected chi connectivity index (χ4v) is 2.05. The number of hydrogen-bond donors (Lipinski definition) is 2. The maximum Gasteiger partial charge on any atom is 0.272 e. The summed E-state index contributed by atoms with van der Waals surface area (Å²) in [6.07, 6.45) is 3.28. The molecule has 0 atom stereocenters. The molecular formula is C20H20N2O3. The number of amides is 2. The van der Waals surface area contributed by atoms with E-state index in [1.54, 1.807) is 36.4 Å². The zero-order chi connectivity index (χ0) is 18.1. The van der Waals surface area contributed by atoms with Crippen LogP contribution in [0.3, 0.4) is 0 Å². The molecule has 0 aliphatic carbocycles. The fraction of sp³-hybridized carbons (Fsp3) is 0.100. The van der Waals surface area contributed by atoms with Crippen LogP contribution in [-0.4, -0.2) is 18.4 Å². The summed E-state index contributed by atoms with van der Waals surface area (Å²) in [5.41, 5.74) is 1.58. The summed E-state index contributed by atoms with van der Waals surface area (Å²) in [5.74, 6) is -0.0378. The normalized spacial score (nSPS) is 10.7. The fourth-order valence-electron chi connectivity index (χ4n) is 2.05. The van der Waals surface area contributed by atoms with Crippen LogP contribution in [-0.2, 0) is 9.59 Å². The molecule has 0 unspecified atom stereocenters. The number of nitrogens with one attached hydrogen (secondary N) is 2. The predicted octanol–water partition coefficient (Wildman–Crippen LogP) is 3.37. The molecule has 0 saturated heterocycles. The maximum absolute atomic E-state index is 12.5. The monoisotopic (exact) mass is 336 g/mol. The highest BCUT2D eigenvalue weighted by Crippen LogP contribution is 2.16. The van der Waals surface area contributed by atoms with Crippen molar-refractivity contribution >= 4 is 23.6 Å². The Bertz CT molecular complexity index is 765. The molecule has 0 aliphatic rings. The minimum absolute atomic E-state index is 0.172. The molecule has 2 aromatic rings. The number of hydrogen-bond acceptors (Lipinski definition) is 3. The highest BCUT2D eigenvalue weighted by atomic mass is 16.5. The van der Waals surface area contributed by atoms with E-state index in [2.05, 4.69) is 17.2 Å². The van der Waals surface area contributed by atoms with Gasteiger partial charge in [0.25, 0.3) is 5.91 Å². The molecule has 0 heterocycles. The van der Waals surface area contributed by atoms with Crippen molar-refractivity contribution in [2.24, 2.45) is 0 Å². The van der Waals surface area contributed by atoms with Gasteiger partial charge in [0.1, 0.15) is 18.1 Å². The molecule has 25 heavy (non-hydrogen) atoms. The van der Waals surface area contributed by atoms with Crippen LogP contribution in [0, 0.1) is 0 Å². The largest absolute Gasteiger partial charge is 0.490 e. The molecule has 0 radical (unpaired) electrons. The summed E-state index contributed by atoms with van der Waals surface area (Å²) in [4.78, 5) is 23.9. The summed E-state index contributed by atoms with van der Waals surface area (Å²) in [6, 6.07) is 16.2. The van der Waals surface area contributed by atoms with E-state index >= 15 is 0 Å². The smallest absolute Gasteiger partial charge is 0.272 e. The van der Waals surface area contributed by atoms with Crippen LogP contribution in [0.1, 0.15) is 12.5 Å². The first-order valence-corrected chi connectivity index (χ1v) is 7.78. The van der Waals surface area contributed by atoms with E-state index in [0.29, 0.717) is 18.0 Å². The standard InChI is InChI=1S/C20H20N2O3/c1-3-13-25-18-11-9-17(10-12-18)22-20(24)19(21-15(2)23)14-16-7-5-4-6-8-16/h3-12,14H,1,13H2,2H3,(H,21,23)(H,22,24)/b19-14-. The number of carbonyl (C=O) groups excluding carboxylic acids is 2. The lowest BCUT2D eigenvalue weighted by molar-refractivity contribution is -0.120. The third-order valence-corrected chi connectivity index (χ3v) is 3.15. The predicted molar refractivity (Wildman–Crippen MR) is 99.0 cm³/mol. The van der Waals surface area contributed by atoms with Gasteiger partial charge in [0.2, 0.25) is 5.91 Å². The van der Waals surface area contributed by atoms with Gasteiger partial charge in [-0.15, -0.1) is 0 Å². The minimum Gasteiger partial charge on any atom is -0.490 e. The Morgan fingerprint density at radius 1 is 1.08 bits per heavy atom. The summed E-state index contributed by atoms with van der Waals surface area (Å²) in [6.45, 7) is 5.36. The van der Waals surface area contributed by atoms with Crippen LogP contribution in [0.15, 0.2) is 72.9 Å². The van der Waals surface area contributed by atoms with E-state index in [0.717, 1.165) is 5.56 Å². The summed E-state index contributed by atoms with van der Waals surface area (Å²) >= 11 is 0. The van der Waals surface area contributed by atoms with Crippen molar-refractivity contribution in [2.45, 2.75) is 6.92 Å². The Morgan fingerprint density at radius 2 is 1.76 bits per heavy atom. The molecule has 128 valence electrons. The molecule has 0 spiro atoms. The first kappa shape index (κ1) is 18.0. The second kappa shape index (κ2) is 9.08. The van der Waals surface area contributed by atoms with Crippen molar-refractivity contribution < 1.29 is 14.3 Å². The summed E-state index contributed by atoms with van der Waals surface area (Å²) < 4.78 is 5.40. The molecule has 2 rings (SSSR count). The van der Waals surface area contributed by atoms with E-state index in [1.807, 2.05) is 30.3 Å². The second-order valence-electron chi connectivity index (χ2n) is 5.23. The Hall–Kier alpha value is -3.34. The molecular weight excluding hydrogens is 316 g/mol. The Balaban J connectivity index is 2.12. The molecule has 0 aromatic heterocycles. The second-order valence-corrected chi connectivity index (χ2v) is 5.23. The van der Waals surface area contributed by atoms with Gasteiger partial charge in [-0.25, -0.2) is 0 Å².